The van der Waals surface area contributed by atoms with Gasteiger partial charge in [0.1, 0.15) is 0 Å². The lowest BCUT2D eigenvalue weighted by atomic mass is 10.1. The van der Waals surface area contributed by atoms with Crippen LogP contribution in [0.5, 0.6) is 0 Å². The van der Waals surface area contributed by atoms with Gasteiger partial charge in [0.05, 0.1) is 11.6 Å². The summed E-state index contributed by atoms with van der Waals surface area (Å²) in [4.78, 5) is 12.8. The number of thiazole rings is 1. The van der Waals surface area contributed by atoms with Crippen LogP contribution in [0, 0.1) is 0 Å². The first-order valence-corrected chi connectivity index (χ1v) is 10.1. The molecule has 0 unspecified atom stereocenters. The number of aromatic nitrogens is 1. The number of hydrogen-bond donors (Lipinski definition) is 2. The van der Waals surface area contributed by atoms with Crippen molar-refractivity contribution in [3.05, 3.63) is 51.5 Å². The van der Waals surface area contributed by atoms with E-state index >= 15 is 0 Å². The summed E-state index contributed by atoms with van der Waals surface area (Å²) in [5.41, 5.74) is 2.60. The van der Waals surface area contributed by atoms with Crippen LogP contribution in [-0.4, -0.2) is 43.0 Å². The Bertz CT molecular complexity index is 693. The summed E-state index contributed by atoms with van der Waals surface area (Å²) in [7, 11) is 4.18. The topological polar surface area (TPSA) is 52.6 Å². The smallest absolute Gasteiger partial charge is 0.191 e. The van der Waals surface area contributed by atoms with Gasteiger partial charge in [-0.2, -0.15) is 0 Å². The zero-order valence-corrected chi connectivity index (χ0v) is 17.2. The molecule has 0 radical (unpaired) electrons. The van der Waals surface area contributed by atoms with Crippen LogP contribution in [0.25, 0.3) is 0 Å². The Morgan fingerprint density at radius 2 is 1.92 bits per heavy atom. The Hall–Kier alpha value is -1.92. The van der Waals surface area contributed by atoms with Crippen LogP contribution in [0.1, 0.15) is 34.9 Å². The second-order valence-corrected chi connectivity index (χ2v) is 7.65. The van der Waals surface area contributed by atoms with E-state index in [1.165, 1.54) is 21.0 Å². The minimum atomic E-state index is 0.677. The number of nitrogens with one attached hydrogen (secondary N) is 2. The molecule has 26 heavy (non-hydrogen) atoms. The third kappa shape index (κ3) is 6.77. The molecule has 1 heterocycles. The van der Waals surface area contributed by atoms with E-state index in [9.17, 15) is 0 Å². The first-order chi connectivity index (χ1) is 12.6. The highest BCUT2D eigenvalue weighted by Crippen LogP contribution is 2.13. The fourth-order valence-electron chi connectivity index (χ4n) is 2.63. The molecular formula is C20H31N5S. The van der Waals surface area contributed by atoms with Crippen LogP contribution < -0.4 is 10.6 Å². The molecule has 2 rings (SSSR count). The van der Waals surface area contributed by atoms with Crippen molar-refractivity contribution in [2.24, 2.45) is 4.99 Å². The number of aryl methyl sites for hydroxylation is 1. The van der Waals surface area contributed by atoms with E-state index < -0.39 is 0 Å². The molecular weight excluding hydrogens is 342 g/mol. The summed E-state index contributed by atoms with van der Waals surface area (Å²) in [6.45, 7) is 7.55. The van der Waals surface area contributed by atoms with Gasteiger partial charge in [0, 0.05) is 37.1 Å². The predicted molar refractivity (Wildman–Crippen MR) is 112 cm³/mol. The Morgan fingerprint density at radius 3 is 2.58 bits per heavy atom. The lowest BCUT2D eigenvalue weighted by molar-refractivity contribution is 0.401. The van der Waals surface area contributed by atoms with Crippen molar-refractivity contribution in [1.29, 1.82) is 0 Å². The standard InChI is InChI=1S/C20H31N5S/c1-5-18-14-23-19(26-18)11-12-22-20(21-6-2)24-13-16-9-7-8-10-17(16)15-25(3)4/h7-10,14H,5-6,11-13,15H2,1-4H3,(H2,21,22,24). The van der Waals surface area contributed by atoms with Gasteiger partial charge in [-0.15, -0.1) is 11.3 Å². The van der Waals surface area contributed by atoms with Gasteiger partial charge in [0.15, 0.2) is 5.96 Å². The first kappa shape index (κ1) is 20.4. The van der Waals surface area contributed by atoms with E-state index in [1.54, 1.807) is 11.3 Å². The molecule has 1 aromatic carbocycles. The van der Waals surface area contributed by atoms with Crippen molar-refractivity contribution in [2.45, 2.75) is 39.8 Å². The second-order valence-electron chi connectivity index (χ2n) is 6.45. The number of nitrogens with zero attached hydrogens (tertiary/aromatic N) is 3. The summed E-state index contributed by atoms with van der Waals surface area (Å²) in [5.74, 6) is 0.861. The third-order valence-corrected chi connectivity index (χ3v) is 5.14. The minimum Gasteiger partial charge on any atom is -0.357 e. The molecule has 0 saturated heterocycles. The van der Waals surface area contributed by atoms with Gasteiger partial charge in [-0.3, -0.25) is 0 Å². The quantitative estimate of drug-likeness (QED) is 0.524. The lowest BCUT2D eigenvalue weighted by Crippen LogP contribution is -2.38. The van der Waals surface area contributed by atoms with Crippen molar-refractivity contribution >= 4 is 17.3 Å². The third-order valence-electron chi connectivity index (χ3n) is 3.94. The summed E-state index contributed by atoms with van der Waals surface area (Å²) in [6, 6.07) is 8.51. The predicted octanol–water partition coefficient (Wildman–Crippen LogP) is 3.06. The zero-order chi connectivity index (χ0) is 18.8. The molecule has 0 amide bonds. The molecule has 6 heteroatoms. The largest absolute Gasteiger partial charge is 0.357 e. The normalized spacial score (nSPS) is 11.8. The Labute approximate surface area is 161 Å². The van der Waals surface area contributed by atoms with Crippen LogP contribution in [0.2, 0.25) is 0 Å². The van der Waals surface area contributed by atoms with E-state index in [0.29, 0.717) is 6.54 Å². The molecule has 0 spiro atoms. The van der Waals surface area contributed by atoms with Gasteiger partial charge in [-0.1, -0.05) is 31.2 Å². The molecule has 0 aliphatic carbocycles. The highest BCUT2D eigenvalue weighted by molar-refractivity contribution is 7.11. The molecule has 1 aromatic heterocycles. The Balaban J connectivity index is 1.93. The highest BCUT2D eigenvalue weighted by atomic mass is 32.1. The van der Waals surface area contributed by atoms with Crippen molar-refractivity contribution in [2.75, 3.05) is 27.2 Å². The molecule has 0 aliphatic rings. The average Bonchev–Trinajstić information content (AvgIpc) is 3.08. The van der Waals surface area contributed by atoms with E-state index in [-0.39, 0.29) is 0 Å². The maximum absolute atomic E-state index is 4.76. The van der Waals surface area contributed by atoms with Gasteiger partial charge in [0.2, 0.25) is 0 Å². The number of hydrogen-bond acceptors (Lipinski definition) is 4. The van der Waals surface area contributed by atoms with Crippen LogP contribution in [0.15, 0.2) is 35.5 Å². The number of benzene rings is 1. The summed E-state index contributed by atoms with van der Waals surface area (Å²) < 4.78 is 0. The van der Waals surface area contributed by atoms with Crippen molar-refractivity contribution in [3.8, 4) is 0 Å². The molecule has 2 aromatic rings. The van der Waals surface area contributed by atoms with E-state index in [0.717, 1.165) is 38.4 Å². The fourth-order valence-corrected chi connectivity index (χ4v) is 3.49. The molecule has 0 aliphatic heterocycles. The second kappa shape index (κ2) is 10.9. The van der Waals surface area contributed by atoms with Crippen LogP contribution in [-0.2, 0) is 25.9 Å². The molecule has 0 saturated carbocycles. The summed E-state index contributed by atoms with van der Waals surface area (Å²) in [6.07, 6.45) is 3.97. The molecule has 0 atom stereocenters. The van der Waals surface area contributed by atoms with Gasteiger partial charge in [-0.05, 0) is 38.6 Å². The molecule has 0 bridgehead atoms. The minimum absolute atomic E-state index is 0.677. The molecule has 2 N–H and O–H groups in total. The van der Waals surface area contributed by atoms with E-state index in [2.05, 4.69) is 72.7 Å². The molecule has 0 fully saturated rings. The van der Waals surface area contributed by atoms with Crippen LogP contribution in [0.4, 0.5) is 0 Å². The number of aliphatic imine (C=N–C) groups is 1. The zero-order valence-electron chi connectivity index (χ0n) is 16.4. The monoisotopic (exact) mass is 373 g/mol. The van der Waals surface area contributed by atoms with Crippen molar-refractivity contribution in [1.82, 2.24) is 20.5 Å². The van der Waals surface area contributed by atoms with E-state index in [4.69, 9.17) is 4.99 Å². The van der Waals surface area contributed by atoms with Gasteiger partial charge < -0.3 is 15.5 Å². The fraction of sp³-hybridized carbons (Fsp3) is 0.500. The van der Waals surface area contributed by atoms with Gasteiger partial charge in [0.25, 0.3) is 0 Å². The van der Waals surface area contributed by atoms with E-state index in [1.807, 2.05) is 6.20 Å². The summed E-state index contributed by atoms with van der Waals surface area (Å²) >= 11 is 1.80. The Morgan fingerprint density at radius 1 is 1.15 bits per heavy atom. The highest BCUT2D eigenvalue weighted by Gasteiger charge is 2.05. The average molecular weight is 374 g/mol. The van der Waals surface area contributed by atoms with Crippen LogP contribution in [0.3, 0.4) is 0 Å². The Kier molecular flexibility index (Phi) is 8.58. The number of guanidine groups is 1. The molecule has 142 valence electrons. The van der Waals surface area contributed by atoms with Crippen molar-refractivity contribution in [3.63, 3.8) is 0 Å². The molecule has 5 nitrogen and oxygen atoms in total. The lowest BCUT2D eigenvalue weighted by Gasteiger charge is -2.14. The number of rotatable bonds is 9. The van der Waals surface area contributed by atoms with Crippen LogP contribution >= 0.6 is 11.3 Å². The van der Waals surface area contributed by atoms with Crippen molar-refractivity contribution < 1.29 is 0 Å². The first-order valence-electron chi connectivity index (χ1n) is 9.29. The van der Waals surface area contributed by atoms with Gasteiger partial charge in [-0.25, -0.2) is 9.98 Å². The summed E-state index contributed by atoms with van der Waals surface area (Å²) in [5, 5.41) is 7.93. The SMILES string of the molecule is CCNC(=NCc1ccccc1CN(C)C)NCCc1ncc(CC)s1. The van der Waals surface area contributed by atoms with Gasteiger partial charge >= 0.3 is 0 Å². The maximum Gasteiger partial charge on any atom is 0.191 e. The maximum atomic E-state index is 4.76.